The minimum atomic E-state index is 0. The smallest absolute Gasteiger partial charge is 0.278 e. The molecule has 1 unspecified atom stereocenters. The summed E-state index contributed by atoms with van der Waals surface area (Å²) < 4.78 is 7.22. The van der Waals surface area contributed by atoms with Crippen LogP contribution >= 0.6 is 12.4 Å². The molecule has 1 aliphatic rings. The normalized spacial score (nSPS) is 16.1. The topological polar surface area (TPSA) is 110 Å². The molecule has 0 saturated carbocycles. The third kappa shape index (κ3) is 3.66. The van der Waals surface area contributed by atoms with Crippen LogP contribution in [0.25, 0.3) is 28.8 Å². The Morgan fingerprint density at radius 1 is 1.21 bits per heavy atom. The Balaban J connectivity index is 0.00000205. The molecule has 5 heterocycles. The van der Waals surface area contributed by atoms with Gasteiger partial charge >= 0.3 is 0 Å². The maximum Gasteiger partial charge on any atom is 0.278 e. The molecule has 2 N–H and O–H groups in total. The summed E-state index contributed by atoms with van der Waals surface area (Å²) in [6, 6.07) is 7.80. The van der Waals surface area contributed by atoms with E-state index in [1.807, 2.05) is 42.8 Å². The van der Waals surface area contributed by atoms with Crippen LogP contribution in [0.2, 0.25) is 0 Å². The molecule has 4 aromatic heterocycles. The van der Waals surface area contributed by atoms with Crippen molar-refractivity contribution in [2.24, 2.45) is 0 Å². The first kappa shape index (κ1) is 19.3. The fourth-order valence-corrected chi connectivity index (χ4v) is 3.52. The van der Waals surface area contributed by atoms with Gasteiger partial charge in [-0.1, -0.05) is 5.16 Å². The highest BCUT2D eigenvalue weighted by Gasteiger charge is 2.21. The van der Waals surface area contributed by atoms with E-state index in [0.29, 0.717) is 23.3 Å². The van der Waals surface area contributed by atoms with Crippen molar-refractivity contribution in [1.82, 2.24) is 40.4 Å². The van der Waals surface area contributed by atoms with Crippen LogP contribution in [-0.4, -0.2) is 48.2 Å². The molecular weight excluding hydrogens is 392 g/mol. The summed E-state index contributed by atoms with van der Waals surface area (Å²) in [4.78, 5) is 8.96. The van der Waals surface area contributed by atoms with Gasteiger partial charge in [0, 0.05) is 35.6 Å². The number of H-pyrrole nitrogens is 1. The van der Waals surface area contributed by atoms with Crippen LogP contribution in [0.3, 0.4) is 0 Å². The van der Waals surface area contributed by atoms with E-state index in [9.17, 15) is 0 Å². The standard InChI is InChI=1S/C19H20N8O.ClH/c1-11-7-12(2)27(25-11)17-4-3-14(10-21-17)18-22-19(28-26-18)16-8-15(23-24-16)13-5-6-20-9-13;/h3-4,7-8,10,13,20H,5-6,9H2,1-2H3,(H,23,24);1H. The van der Waals surface area contributed by atoms with E-state index in [-0.39, 0.29) is 12.4 Å². The highest BCUT2D eigenvalue weighted by Crippen LogP contribution is 2.26. The Morgan fingerprint density at radius 3 is 2.79 bits per heavy atom. The van der Waals surface area contributed by atoms with Gasteiger partial charge in [0.05, 0.1) is 5.69 Å². The second-order valence-electron chi connectivity index (χ2n) is 7.07. The second kappa shape index (κ2) is 7.76. The number of aromatic amines is 1. The van der Waals surface area contributed by atoms with E-state index >= 15 is 0 Å². The lowest BCUT2D eigenvalue weighted by molar-refractivity contribution is 0.431. The molecule has 1 aliphatic heterocycles. The predicted octanol–water partition coefficient (Wildman–Crippen LogP) is 2.82. The molecule has 1 saturated heterocycles. The van der Waals surface area contributed by atoms with E-state index in [4.69, 9.17) is 4.52 Å². The number of halogens is 1. The van der Waals surface area contributed by atoms with Crippen LogP contribution in [0.5, 0.6) is 0 Å². The summed E-state index contributed by atoms with van der Waals surface area (Å²) in [5, 5.41) is 19.3. The average Bonchev–Trinajstić information content (AvgIpc) is 3.48. The molecule has 9 nitrogen and oxygen atoms in total. The highest BCUT2D eigenvalue weighted by molar-refractivity contribution is 5.85. The number of hydrogen-bond acceptors (Lipinski definition) is 7. The van der Waals surface area contributed by atoms with E-state index in [1.165, 1.54) is 0 Å². The molecule has 29 heavy (non-hydrogen) atoms. The van der Waals surface area contributed by atoms with Crippen LogP contribution in [0, 0.1) is 13.8 Å². The van der Waals surface area contributed by atoms with Gasteiger partial charge < -0.3 is 9.84 Å². The van der Waals surface area contributed by atoms with Crippen molar-refractivity contribution in [2.45, 2.75) is 26.2 Å². The molecule has 5 rings (SSSR count). The molecule has 0 aliphatic carbocycles. The van der Waals surface area contributed by atoms with Gasteiger partial charge in [0.1, 0.15) is 0 Å². The fourth-order valence-electron chi connectivity index (χ4n) is 3.52. The quantitative estimate of drug-likeness (QED) is 0.530. The van der Waals surface area contributed by atoms with Gasteiger partial charge in [0.25, 0.3) is 5.89 Å². The Kier molecular flexibility index (Phi) is 5.16. The zero-order valence-electron chi connectivity index (χ0n) is 16.1. The largest absolute Gasteiger partial charge is 0.332 e. The molecule has 4 aromatic rings. The van der Waals surface area contributed by atoms with Crippen LogP contribution in [0.15, 0.2) is 35.0 Å². The molecule has 10 heteroatoms. The number of nitrogens with zero attached hydrogens (tertiary/aromatic N) is 6. The van der Waals surface area contributed by atoms with Gasteiger partial charge in [-0.05, 0) is 51.1 Å². The SMILES string of the molecule is Cc1cc(C)n(-c2ccc(-c3noc(-c4cc(C5CCNC5)[nH]n4)n3)cn2)n1.Cl. The Labute approximate surface area is 173 Å². The lowest BCUT2D eigenvalue weighted by Gasteiger charge is -2.03. The van der Waals surface area contributed by atoms with Crippen molar-refractivity contribution >= 4 is 12.4 Å². The lowest BCUT2D eigenvalue weighted by Crippen LogP contribution is -2.08. The van der Waals surface area contributed by atoms with Crippen LogP contribution in [-0.2, 0) is 0 Å². The second-order valence-corrected chi connectivity index (χ2v) is 7.07. The first-order chi connectivity index (χ1) is 13.7. The number of aromatic nitrogens is 7. The lowest BCUT2D eigenvalue weighted by atomic mass is 10.1. The van der Waals surface area contributed by atoms with Gasteiger partial charge in [-0.15, -0.1) is 12.4 Å². The number of aryl methyl sites for hydroxylation is 2. The summed E-state index contributed by atoms with van der Waals surface area (Å²) in [6.45, 7) is 5.96. The van der Waals surface area contributed by atoms with Crippen molar-refractivity contribution in [3.63, 3.8) is 0 Å². The van der Waals surface area contributed by atoms with Crippen LogP contribution in [0.1, 0.15) is 29.4 Å². The van der Waals surface area contributed by atoms with Crippen molar-refractivity contribution in [3.05, 3.63) is 47.5 Å². The van der Waals surface area contributed by atoms with Crippen molar-refractivity contribution in [3.8, 4) is 28.8 Å². The van der Waals surface area contributed by atoms with Gasteiger partial charge in [-0.3, -0.25) is 5.10 Å². The maximum atomic E-state index is 5.41. The van der Waals surface area contributed by atoms with Gasteiger partial charge in [0.15, 0.2) is 11.5 Å². The first-order valence-electron chi connectivity index (χ1n) is 9.27. The maximum absolute atomic E-state index is 5.41. The van der Waals surface area contributed by atoms with Gasteiger partial charge in [0.2, 0.25) is 5.82 Å². The zero-order chi connectivity index (χ0) is 19.1. The molecule has 0 bridgehead atoms. The summed E-state index contributed by atoms with van der Waals surface area (Å²) >= 11 is 0. The van der Waals surface area contributed by atoms with Crippen LogP contribution < -0.4 is 5.32 Å². The van der Waals surface area contributed by atoms with Gasteiger partial charge in [-0.25, -0.2) is 9.67 Å². The summed E-state index contributed by atoms with van der Waals surface area (Å²) in [7, 11) is 0. The monoisotopic (exact) mass is 412 g/mol. The summed E-state index contributed by atoms with van der Waals surface area (Å²) in [6.07, 6.45) is 2.82. The minimum absolute atomic E-state index is 0. The molecule has 0 spiro atoms. The summed E-state index contributed by atoms with van der Waals surface area (Å²) in [5.41, 5.74) is 4.52. The Hall–Kier alpha value is -3.04. The van der Waals surface area contributed by atoms with Crippen molar-refractivity contribution in [2.75, 3.05) is 13.1 Å². The fraction of sp³-hybridized carbons (Fsp3) is 0.316. The van der Waals surface area contributed by atoms with E-state index in [0.717, 1.165) is 48.0 Å². The third-order valence-corrected chi connectivity index (χ3v) is 4.98. The Bertz CT molecular complexity index is 1110. The highest BCUT2D eigenvalue weighted by atomic mass is 35.5. The molecule has 1 fully saturated rings. The number of pyridine rings is 1. The molecule has 150 valence electrons. The van der Waals surface area contributed by atoms with E-state index in [2.05, 4.69) is 35.7 Å². The summed E-state index contributed by atoms with van der Waals surface area (Å²) in [5.74, 6) is 2.08. The van der Waals surface area contributed by atoms with Crippen molar-refractivity contribution in [1.29, 1.82) is 0 Å². The average molecular weight is 413 g/mol. The molecular formula is C19H21ClN8O. The number of hydrogen-bond donors (Lipinski definition) is 2. The minimum Gasteiger partial charge on any atom is -0.332 e. The molecule has 0 amide bonds. The van der Waals surface area contributed by atoms with E-state index in [1.54, 1.807) is 6.20 Å². The van der Waals surface area contributed by atoms with Crippen LogP contribution in [0.4, 0.5) is 0 Å². The first-order valence-corrected chi connectivity index (χ1v) is 9.27. The van der Waals surface area contributed by atoms with E-state index < -0.39 is 0 Å². The van der Waals surface area contributed by atoms with Crippen molar-refractivity contribution < 1.29 is 4.52 Å². The number of rotatable bonds is 4. The molecule has 0 radical (unpaired) electrons. The predicted molar refractivity (Wildman–Crippen MR) is 109 cm³/mol. The third-order valence-electron chi connectivity index (χ3n) is 4.98. The zero-order valence-corrected chi connectivity index (χ0v) is 16.9. The molecule has 1 atom stereocenters. The Morgan fingerprint density at radius 2 is 2.10 bits per heavy atom. The van der Waals surface area contributed by atoms with Gasteiger partial charge in [-0.2, -0.15) is 15.2 Å². The number of nitrogens with one attached hydrogen (secondary N) is 2. The molecule has 0 aromatic carbocycles.